The molecule has 0 aliphatic carbocycles. The molecule has 1 heterocycles. The van der Waals surface area contributed by atoms with Crippen molar-refractivity contribution in [3.63, 3.8) is 0 Å². The average molecular weight is 274 g/mol. The fraction of sp³-hybridized carbons (Fsp3) is 0.455. The highest BCUT2D eigenvalue weighted by atomic mass is 32.2. The third-order valence-electron chi connectivity index (χ3n) is 2.93. The van der Waals surface area contributed by atoms with Crippen molar-refractivity contribution in [1.82, 2.24) is 4.31 Å². The first-order valence-electron chi connectivity index (χ1n) is 5.64. The van der Waals surface area contributed by atoms with Gasteiger partial charge in [0.15, 0.2) is 0 Å². The number of nitrogens with two attached hydrogens (primary N) is 1. The van der Waals surface area contributed by atoms with E-state index in [0.29, 0.717) is 12.8 Å². The number of rotatable bonds is 2. The molecule has 1 aliphatic heterocycles. The standard InChI is InChI=1S/C11H15FN2O3S/c12-10-4-3-8(13)6-11(10)18(16,17)14-5-1-2-9(15)7-14/h3-4,6,9,15H,1-2,5,7,13H2/t9-/m0/s1. The second kappa shape index (κ2) is 4.83. The van der Waals surface area contributed by atoms with E-state index in [4.69, 9.17) is 5.73 Å². The molecule has 0 spiro atoms. The van der Waals surface area contributed by atoms with Gasteiger partial charge in [0, 0.05) is 18.8 Å². The number of benzene rings is 1. The van der Waals surface area contributed by atoms with Gasteiger partial charge < -0.3 is 10.8 Å². The Bertz CT molecular complexity index is 547. The van der Waals surface area contributed by atoms with Crippen LogP contribution in [-0.2, 0) is 10.0 Å². The van der Waals surface area contributed by atoms with Gasteiger partial charge in [-0.25, -0.2) is 12.8 Å². The quantitative estimate of drug-likeness (QED) is 0.772. The molecule has 1 fully saturated rings. The van der Waals surface area contributed by atoms with Crippen LogP contribution in [0.1, 0.15) is 12.8 Å². The van der Waals surface area contributed by atoms with Crippen LogP contribution in [0.4, 0.5) is 10.1 Å². The minimum Gasteiger partial charge on any atom is -0.399 e. The number of hydrogen-bond donors (Lipinski definition) is 2. The van der Waals surface area contributed by atoms with Gasteiger partial charge >= 0.3 is 0 Å². The van der Waals surface area contributed by atoms with Crippen LogP contribution in [0.25, 0.3) is 0 Å². The van der Waals surface area contributed by atoms with E-state index in [2.05, 4.69) is 0 Å². The minimum absolute atomic E-state index is 0.00340. The van der Waals surface area contributed by atoms with Gasteiger partial charge in [0.1, 0.15) is 10.7 Å². The van der Waals surface area contributed by atoms with E-state index < -0.39 is 26.8 Å². The SMILES string of the molecule is Nc1ccc(F)c(S(=O)(=O)N2CCC[C@H](O)C2)c1. The Morgan fingerprint density at radius 3 is 2.83 bits per heavy atom. The van der Waals surface area contributed by atoms with Crippen molar-refractivity contribution in [3.8, 4) is 0 Å². The highest BCUT2D eigenvalue weighted by Gasteiger charge is 2.31. The van der Waals surface area contributed by atoms with Crippen molar-refractivity contribution in [3.05, 3.63) is 24.0 Å². The van der Waals surface area contributed by atoms with Crippen molar-refractivity contribution in [2.24, 2.45) is 0 Å². The predicted octanol–water partition coefficient (Wildman–Crippen LogP) is 0.553. The van der Waals surface area contributed by atoms with Crippen molar-refractivity contribution in [2.75, 3.05) is 18.8 Å². The maximum absolute atomic E-state index is 13.6. The Morgan fingerprint density at radius 1 is 1.44 bits per heavy atom. The van der Waals surface area contributed by atoms with Crippen molar-refractivity contribution in [1.29, 1.82) is 0 Å². The number of aliphatic hydroxyl groups is 1. The fourth-order valence-electron chi connectivity index (χ4n) is 2.00. The summed E-state index contributed by atoms with van der Waals surface area (Å²) in [7, 11) is -3.93. The lowest BCUT2D eigenvalue weighted by Crippen LogP contribution is -2.42. The van der Waals surface area contributed by atoms with Gasteiger partial charge in [-0.3, -0.25) is 0 Å². The molecular formula is C11H15FN2O3S. The number of halogens is 1. The molecule has 0 saturated carbocycles. The first-order chi connectivity index (χ1) is 8.41. The lowest BCUT2D eigenvalue weighted by atomic mass is 10.1. The maximum atomic E-state index is 13.6. The summed E-state index contributed by atoms with van der Waals surface area (Å²) >= 11 is 0. The van der Waals surface area contributed by atoms with Gasteiger partial charge in [-0.1, -0.05) is 0 Å². The Morgan fingerprint density at radius 2 is 2.17 bits per heavy atom. The third kappa shape index (κ3) is 2.47. The van der Waals surface area contributed by atoms with Crippen LogP contribution in [0.15, 0.2) is 23.1 Å². The summed E-state index contributed by atoms with van der Waals surface area (Å²) in [6.45, 7) is 0.282. The number of β-amino-alcohol motifs (C(OH)–C–C–N with tert-alkyl or cyclic N) is 1. The fourth-order valence-corrected chi connectivity index (χ4v) is 3.61. The van der Waals surface area contributed by atoms with Gasteiger partial charge in [-0.2, -0.15) is 4.31 Å². The van der Waals surface area contributed by atoms with Crippen molar-refractivity contribution in [2.45, 2.75) is 23.8 Å². The second-order valence-corrected chi connectivity index (χ2v) is 6.26. The lowest BCUT2D eigenvalue weighted by molar-refractivity contribution is 0.108. The van der Waals surface area contributed by atoms with E-state index in [1.165, 1.54) is 6.07 Å². The van der Waals surface area contributed by atoms with E-state index in [-0.39, 0.29) is 18.8 Å². The molecule has 1 aromatic rings. The molecule has 0 aromatic heterocycles. The monoisotopic (exact) mass is 274 g/mol. The van der Waals surface area contributed by atoms with E-state index in [1.807, 2.05) is 0 Å². The normalized spacial score (nSPS) is 22.0. The first-order valence-corrected chi connectivity index (χ1v) is 7.08. The molecule has 100 valence electrons. The number of anilines is 1. The van der Waals surface area contributed by atoms with Crippen LogP contribution in [0.5, 0.6) is 0 Å². The number of hydrogen-bond acceptors (Lipinski definition) is 4. The van der Waals surface area contributed by atoms with Gasteiger partial charge in [0.05, 0.1) is 6.10 Å². The average Bonchev–Trinajstić information content (AvgIpc) is 2.32. The highest BCUT2D eigenvalue weighted by Crippen LogP contribution is 2.24. The van der Waals surface area contributed by atoms with Crippen LogP contribution in [0.3, 0.4) is 0 Å². The molecule has 0 amide bonds. The molecule has 0 bridgehead atoms. The van der Waals surface area contributed by atoms with Crippen LogP contribution in [0.2, 0.25) is 0 Å². The zero-order chi connectivity index (χ0) is 13.3. The molecule has 1 aromatic carbocycles. The smallest absolute Gasteiger partial charge is 0.246 e. The molecule has 7 heteroatoms. The van der Waals surface area contributed by atoms with Crippen molar-refractivity contribution >= 4 is 15.7 Å². The Labute approximate surface area is 105 Å². The maximum Gasteiger partial charge on any atom is 0.246 e. The summed E-state index contributed by atoms with van der Waals surface area (Å²) in [5, 5.41) is 9.49. The lowest BCUT2D eigenvalue weighted by Gasteiger charge is -2.29. The number of nitrogens with zero attached hydrogens (tertiary/aromatic N) is 1. The molecule has 1 aliphatic rings. The van der Waals surface area contributed by atoms with Crippen molar-refractivity contribution < 1.29 is 17.9 Å². The van der Waals surface area contributed by atoms with E-state index >= 15 is 0 Å². The molecular weight excluding hydrogens is 259 g/mol. The Kier molecular flexibility index (Phi) is 3.56. The van der Waals surface area contributed by atoms with E-state index in [9.17, 15) is 17.9 Å². The van der Waals surface area contributed by atoms with Gasteiger partial charge in [-0.05, 0) is 31.0 Å². The molecule has 2 rings (SSSR count). The number of piperidine rings is 1. The summed E-state index contributed by atoms with van der Waals surface area (Å²) in [4.78, 5) is -0.434. The zero-order valence-electron chi connectivity index (χ0n) is 9.71. The molecule has 1 atom stereocenters. The van der Waals surface area contributed by atoms with Crippen LogP contribution in [-0.4, -0.2) is 37.0 Å². The Hall–Kier alpha value is -1.18. The molecule has 1 saturated heterocycles. The van der Waals surface area contributed by atoms with Gasteiger partial charge in [0.25, 0.3) is 0 Å². The number of sulfonamides is 1. The summed E-state index contributed by atoms with van der Waals surface area (Å²) in [5.41, 5.74) is 5.67. The van der Waals surface area contributed by atoms with E-state index in [0.717, 1.165) is 16.4 Å². The zero-order valence-corrected chi connectivity index (χ0v) is 10.5. The Balaban J connectivity index is 2.38. The second-order valence-electron chi connectivity index (χ2n) is 4.35. The van der Waals surface area contributed by atoms with Crippen LogP contribution >= 0.6 is 0 Å². The molecule has 5 nitrogen and oxygen atoms in total. The number of aliphatic hydroxyl groups excluding tert-OH is 1. The third-order valence-corrected chi connectivity index (χ3v) is 4.81. The van der Waals surface area contributed by atoms with Crippen LogP contribution < -0.4 is 5.73 Å². The summed E-state index contributed by atoms with van der Waals surface area (Å²) in [6, 6.07) is 3.44. The summed E-state index contributed by atoms with van der Waals surface area (Å²) < 4.78 is 39.1. The minimum atomic E-state index is -3.93. The van der Waals surface area contributed by atoms with Gasteiger partial charge in [-0.15, -0.1) is 0 Å². The number of nitrogen functional groups attached to an aromatic ring is 1. The molecule has 18 heavy (non-hydrogen) atoms. The van der Waals surface area contributed by atoms with E-state index in [1.54, 1.807) is 0 Å². The first kappa shape index (κ1) is 13.3. The predicted molar refractivity (Wildman–Crippen MR) is 64.8 cm³/mol. The molecule has 3 N–H and O–H groups in total. The largest absolute Gasteiger partial charge is 0.399 e. The molecule has 0 radical (unpaired) electrons. The summed E-state index contributed by atoms with van der Waals surface area (Å²) in [5.74, 6) is -0.829. The molecule has 0 unspecified atom stereocenters. The van der Waals surface area contributed by atoms with Crippen LogP contribution in [0, 0.1) is 5.82 Å². The summed E-state index contributed by atoms with van der Waals surface area (Å²) in [6.07, 6.45) is 0.424. The highest BCUT2D eigenvalue weighted by molar-refractivity contribution is 7.89. The van der Waals surface area contributed by atoms with Gasteiger partial charge in [0.2, 0.25) is 10.0 Å². The topological polar surface area (TPSA) is 83.6 Å².